The molecule has 0 saturated heterocycles. The highest BCUT2D eigenvalue weighted by atomic mass is 19.4. The van der Waals surface area contributed by atoms with Gasteiger partial charge in [-0.05, 0) is 130 Å². The van der Waals surface area contributed by atoms with Crippen LogP contribution in [0.2, 0.25) is 0 Å². The summed E-state index contributed by atoms with van der Waals surface area (Å²) in [6, 6.07) is 20.7. The van der Waals surface area contributed by atoms with Crippen LogP contribution < -0.4 is 4.74 Å². The molecule has 0 bridgehead atoms. The Bertz CT molecular complexity index is 1640. The molecular weight excluding hydrogens is 670 g/mol. The van der Waals surface area contributed by atoms with Crippen LogP contribution in [0.5, 0.6) is 5.75 Å². The van der Waals surface area contributed by atoms with Crippen molar-refractivity contribution in [3.05, 3.63) is 135 Å². The maximum Gasteiger partial charge on any atom is 0.573 e. The Labute approximate surface area is 309 Å². The van der Waals surface area contributed by atoms with Gasteiger partial charge in [0.25, 0.3) is 0 Å². The van der Waals surface area contributed by atoms with Crippen molar-refractivity contribution in [2.45, 2.75) is 139 Å². The van der Waals surface area contributed by atoms with Crippen LogP contribution in [0.4, 0.5) is 26.3 Å². The Hall–Kier alpha value is -3.74. The quantitative estimate of drug-likeness (QED) is 0.177. The van der Waals surface area contributed by atoms with Crippen molar-refractivity contribution in [1.29, 1.82) is 0 Å². The summed E-state index contributed by atoms with van der Waals surface area (Å²) in [6.07, 6.45) is -4.64. The van der Waals surface area contributed by atoms with Crippen LogP contribution in [-0.4, -0.2) is 6.36 Å². The molecule has 0 aliphatic carbocycles. The van der Waals surface area contributed by atoms with Crippen molar-refractivity contribution >= 4 is 0 Å². The Kier molecular flexibility index (Phi) is 15.9. The molecule has 4 aromatic rings. The maximum absolute atomic E-state index is 13.1. The monoisotopic (exact) mass is 730 g/mol. The summed E-state index contributed by atoms with van der Waals surface area (Å²) in [4.78, 5) is 0. The fourth-order valence-electron chi connectivity index (χ4n) is 4.70. The summed E-state index contributed by atoms with van der Waals surface area (Å²) in [6.45, 7) is 31.8. The standard InChI is InChI=1S/C12H15F3O.3C11H15F/c1-8-5-6-9(11(2,3)4)7-10(8)16-12(13,14)15;2*1-8-5-9(11(2,3)4)7-10(12)6-8;1-8-5-6-9(7-10(8)12)11(2,3)4/h5-7H,1-4H3;3*5-7H,1-4H3. The topological polar surface area (TPSA) is 9.23 Å². The van der Waals surface area contributed by atoms with Gasteiger partial charge in [-0.1, -0.05) is 119 Å². The molecule has 1 nitrogen and oxygen atoms in total. The first-order valence-corrected chi connectivity index (χ1v) is 17.5. The van der Waals surface area contributed by atoms with Crippen molar-refractivity contribution in [3.63, 3.8) is 0 Å². The molecule has 4 rings (SSSR count). The molecule has 0 fully saturated rings. The highest BCUT2D eigenvalue weighted by molar-refractivity contribution is 5.39. The van der Waals surface area contributed by atoms with Gasteiger partial charge >= 0.3 is 6.36 Å². The fourth-order valence-corrected chi connectivity index (χ4v) is 4.70. The Morgan fingerprint density at radius 2 is 0.750 bits per heavy atom. The molecule has 0 spiro atoms. The van der Waals surface area contributed by atoms with E-state index < -0.39 is 6.36 Å². The second kappa shape index (κ2) is 17.9. The zero-order valence-corrected chi connectivity index (χ0v) is 34.1. The molecule has 0 heterocycles. The number of rotatable bonds is 1. The zero-order chi connectivity index (χ0) is 40.6. The third-order valence-corrected chi connectivity index (χ3v) is 8.13. The number of ether oxygens (including phenoxy) is 1. The van der Waals surface area contributed by atoms with Crippen molar-refractivity contribution in [2.24, 2.45) is 0 Å². The summed E-state index contributed by atoms with van der Waals surface area (Å²) >= 11 is 0. The van der Waals surface area contributed by atoms with Crippen LogP contribution >= 0.6 is 0 Å². The van der Waals surface area contributed by atoms with E-state index in [1.165, 1.54) is 6.07 Å². The first-order valence-electron chi connectivity index (χ1n) is 17.5. The number of alkyl halides is 3. The molecule has 0 saturated carbocycles. The predicted octanol–water partition coefficient (Wildman–Crippen LogP) is 14.5. The molecule has 0 radical (unpaired) electrons. The van der Waals surface area contributed by atoms with Crippen LogP contribution in [0.3, 0.4) is 0 Å². The minimum Gasteiger partial charge on any atom is -0.406 e. The minimum atomic E-state index is -4.64. The van der Waals surface area contributed by atoms with E-state index in [4.69, 9.17) is 0 Å². The summed E-state index contributed by atoms with van der Waals surface area (Å²) in [5.74, 6) is -0.512. The second-order valence-corrected chi connectivity index (χ2v) is 17.5. The summed E-state index contributed by atoms with van der Waals surface area (Å²) in [5, 5.41) is 0. The molecule has 0 aliphatic rings. The average molecular weight is 731 g/mol. The molecule has 0 aliphatic heterocycles. The highest BCUT2D eigenvalue weighted by Gasteiger charge is 2.32. The van der Waals surface area contributed by atoms with Crippen LogP contribution in [0.15, 0.2) is 72.8 Å². The molecule has 4 aromatic carbocycles. The Morgan fingerprint density at radius 1 is 0.404 bits per heavy atom. The SMILES string of the molecule is Cc1cc(F)cc(C(C)(C)C)c1.Cc1cc(F)cc(C(C)(C)C)c1.Cc1ccc(C(C)(C)C)cc1F.Cc1ccc(C(C)(C)C)cc1OC(F)(F)F. The number of hydrogen-bond donors (Lipinski definition) is 0. The lowest BCUT2D eigenvalue weighted by molar-refractivity contribution is -0.274. The molecule has 7 heteroatoms. The lowest BCUT2D eigenvalue weighted by Gasteiger charge is -2.21. The van der Waals surface area contributed by atoms with Gasteiger partial charge in [0, 0.05) is 0 Å². The number of halogens is 6. The van der Waals surface area contributed by atoms with Gasteiger partial charge in [0.1, 0.15) is 23.2 Å². The van der Waals surface area contributed by atoms with Gasteiger partial charge in [-0.2, -0.15) is 0 Å². The van der Waals surface area contributed by atoms with E-state index in [-0.39, 0.29) is 44.9 Å². The lowest BCUT2D eigenvalue weighted by Crippen LogP contribution is -2.19. The van der Waals surface area contributed by atoms with Gasteiger partial charge in [-0.3, -0.25) is 0 Å². The third kappa shape index (κ3) is 16.7. The molecule has 288 valence electrons. The predicted molar refractivity (Wildman–Crippen MR) is 206 cm³/mol. The van der Waals surface area contributed by atoms with Crippen molar-refractivity contribution in [2.75, 3.05) is 0 Å². The molecule has 0 amide bonds. The molecular formula is C45H60F6O. The smallest absolute Gasteiger partial charge is 0.406 e. The average Bonchev–Trinajstić information content (AvgIpc) is 2.93. The van der Waals surface area contributed by atoms with E-state index >= 15 is 0 Å². The van der Waals surface area contributed by atoms with E-state index in [1.807, 2.05) is 65.0 Å². The van der Waals surface area contributed by atoms with Gasteiger partial charge in [0.2, 0.25) is 0 Å². The Morgan fingerprint density at radius 3 is 1.06 bits per heavy atom. The van der Waals surface area contributed by atoms with E-state index in [0.717, 1.165) is 33.4 Å². The summed E-state index contributed by atoms with van der Waals surface area (Å²) in [5.41, 5.74) is 7.04. The lowest BCUT2D eigenvalue weighted by atomic mass is 9.86. The van der Waals surface area contributed by atoms with E-state index in [1.54, 1.807) is 50.2 Å². The van der Waals surface area contributed by atoms with Crippen LogP contribution in [0.25, 0.3) is 0 Å². The Balaban J connectivity index is 0.000000350. The van der Waals surface area contributed by atoms with Gasteiger partial charge in [0.05, 0.1) is 0 Å². The van der Waals surface area contributed by atoms with E-state index in [0.29, 0.717) is 11.1 Å². The molecule has 0 aromatic heterocycles. The van der Waals surface area contributed by atoms with Crippen molar-refractivity contribution in [3.8, 4) is 5.75 Å². The van der Waals surface area contributed by atoms with Gasteiger partial charge in [0.15, 0.2) is 0 Å². The summed E-state index contributed by atoms with van der Waals surface area (Å²) in [7, 11) is 0. The number of aryl methyl sites for hydroxylation is 4. The van der Waals surface area contributed by atoms with Gasteiger partial charge in [-0.25, -0.2) is 13.2 Å². The summed E-state index contributed by atoms with van der Waals surface area (Å²) < 4.78 is 79.4. The fraction of sp³-hybridized carbons (Fsp3) is 0.467. The third-order valence-electron chi connectivity index (χ3n) is 8.13. The largest absolute Gasteiger partial charge is 0.573 e. The van der Waals surface area contributed by atoms with Crippen LogP contribution in [-0.2, 0) is 21.7 Å². The maximum atomic E-state index is 13.1. The molecule has 0 N–H and O–H groups in total. The molecule has 0 unspecified atom stereocenters. The second-order valence-electron chi connectivity index (χ2n) is 17.5. The zero-order valence-electron chi connectivity index (χ0n) is 34.1. The van der Waals surface area contributed by atoms with Gasteiger partial charge in [-0.15, -0.1) is 13.2 Å². The minimum absolute atomic E-state index is 0.0346. The molecule has 0 atom stereocenters. The van der Waals surface area contributed by atoms with Crippen molar-refractivity contribution < 1.29 is 31.1 Å². The normalized spacial score (nSPS) is 12.0. The number of benzene rings is 4. The van der Waals surface area contributed by atoms with E-state index in [9.17, 15) is 26.3 Å². The van der Waals surface area contributed by atoms with Gasteiger partial charge < -0.3 is 4.74 Å². The first-order chi connectivity index (χ1) is 23.3. The van der Waals surface area contributed by atoms with Crippen LogP contribution in [0.1, 0.15) is 128 Å². The number of hydrogen-bond acceptors (Lipinski definition) is 1. The van der Waals surface area contributed by atoms with Crippen LogP contribution in [0, 0.1) is 45.1 Å². The first kappa shape index (κ1) is 46.3. The van der Waals surface area contributed by atoms with Crippen molar-refractivity contribution in [1.82, 2.24) is 0 Å². The van der Waals surface area contributed by atoms with E-state index in [2.05, 4.69) is 67.1 Å². The highest BCUT2D eigenvalue weighted by Crippen LogP contribution is 2.32. The molecule has 52 heavy (non-hydrogen) atoms.